The number of nitrogens with zero attached hydrogens (tertiary/aromatic N) is 3. The normalized spacial score (nSPS) is 12.0. The Labute approximate surface area is 122 Å². The average molecular weight is 313 g/mol. The molecule has 0 fully saturated rings. The molecule has 2 N–H and O–H groups in total. The number of hydrogen-bond acceptors (Lipinski definition) is 3. The highest BCUT2D eigenvalue weighted by molar-refractivity contribution is 6.32. The molecule has 0 aliphatic heterocycles. The molecular formula is C13H8ClF3N4. The molecule has 0 unspecified atom stereocenters. The first-order valence-electron chi connectivity index (χ1n) is 5.83. The third kappa shape index (κ3) is 2.29. The molecule has 0 atom stereocenters. The quantitative estimate of drug-likeness (QED) is 0.746. The maximum absolute atomic E-state index is 12.8. The lowest BCUT2D eigenvalue weighted by Crippen LogP contribution is -2.08. The fraction of sp³-hybridized carbons (Fsp3) is 0.0769. The molecule has 2 heterocycles. The Bertz CT molecular complexity index is 826. The van der Waals surface area contributed by atoms with Gasteiger partial charge in [-0.2, -0.15) is 13.2 Å². The number of fused-ring (bicyclic) bond motifs is 1. The molecule has 108 valence electrons. The van der Waals surface area contributed by atoms with Gasteiger partial charge in [0.25, 0.3) is 0 Å². The Morgan fingerprint density at radius 2 is 1.95 bits per heavy atom. The third-order valence-corrected chi connectivity index (χ3v) is 3.32. The summed E-state index contributed by atoms with van der Waals surface area (Å²) in [5.74, 6) is 0.0409. The van der Waals surface area contributed by atoms with Crippen LogP contribution in [0.15, 0.2) is 36.7 Å². The van der Waals surface area contributed by atoms with Crippen molar-refractivity contribution in [3.8, 4) is 5.69 Å². The van der Waals surface area contributed by atoms with E-state index in [9.17, 15) is 13.2 Å². The van der Waals surface area contributed by atoms with Gasteiger partial charge in [-0.05, 0) is 24.3 Å². The summed E-state index contributed by atoms with van der Waals surface area (Å²) in [6.45, 7) is 0. The molecule has 0 saturated carbocycles. The number of alkyl halides is 3. The van der Waals surface area contributed by atoms with Crippen LogP contribution in [0.5, 0.6) is 0 Å². The van der Waals surface area contributed by atoms with Gasteiger partial charge in [0.2, 0.25) is 5.95 Å². The number of halogens is 4. The van der Waals surface area contributed by atoms with Gasteiger partial charge in [0, 0.05) is 6.20 Å². The lowest BCUT2D eigenvalue weighted by atomic mass is 10.2. The van der Waals surface area contributed by atoms with Crippen molar-refractivity contribution in [1.29, 1.82) is 0 Å². The molecule has 1 aromatic carbocycles. The van der Waals surface area contributed by atoms with Crippen molar-refractivity contribution in [2.75, 3.05) is 5.73 Å². The van der Waals surface area contributed by atoms with Crippen molar-refractivity contribution in [1.82, 2.24) is 14.5 Å². The zero-order chi connectivity index (χ0) is 15.2. The van der Waals surface area contributed by atoms with Gasteiger partial charge in [-0.3, -0.25) is 9.55 Å². The molecule has 0 saturated heterocycles. The third-order valence-electron chi connectivity index (χ3n) is 3.00. The summed E-state index contributed by atoms with van der Waals surface area (Å²) in [4.78, 5) is 7.96. The summed E-state index contributed by atoms with van der Waals surface area (Å²) < 4.78 is 39.9. The number of aromatic nitrogens is 3. The molecule has 8 heteroatoms. The van der Waals surface area contributed by atoms with Gasteiger partial charge in [-0.25, -0.2) is 4.98 Å². The van der Waals surface area contributed by atoms with Gasteiger partial charge in [-0.15, -0.1) is 0 Å². The smallest absolute Gasteiger partial charge is 0.369 e. The fourth-order valence-corrected chi connectivity index (χ4v) is 2.27. The number of nitrogen functional groups attached to an aromatic ring is 1. The zero-order valence-electron chi connectivity index (χ0n) is 10.4. The van der Waals surface area contributed by atoms with E-state index in [1.807, 2.05) is 0 Å². The molecule has 21 heavy (non-hydrogen) atoms. The number of imidazole rings is 1. The van der Waals surface area contributed by atoms with Gasteiger partial charge in [0.15, 0.2) is 0 Å². The maximum Gasteiger partial charge on any atom is 0.416 e. The summed E-state index contributed by atoms with van der Waals surface area (Å²) in [5, 5.41) is 0.144. The van der Waals surface area contributed by atoms with E-state index < -0.39 is 11.7 Å². The Morgan fingerprint density at radius 3 is 2.67 bits per heavy atom. The molecule has 0 aliphatic rings. The van der Waals surface area contributed by atoms with E-state index in [2.05, 4.69) is 9.97 Å². The van der Waals surface area contributed by atoms with Crippen molar-refractivity contribution in [3.63, 3.8) is 0 Å². The Morgan fingerprint density at radius 1 is 1.19 bits per heavy atom. The molecule has 3 rings (SSSR count). The Balaban J connectivity index is 2.30. The molecular weight excluding hydrogens is 305 g/mol. The van der Waals surface area contributed by atoms with Gasteiger partial charge >= 0.3 is 6.18 Å². The molecule has 4 nitrogen and oxygen atoms in total. The minimum Gasteiger partial charge on any atom is -0.369 e. The van der Waals surface area contributed by atoms with E-state index in [4.69, 9.17) is 17.3 Å². The first kappa shape index (κ1) is 13.7. The van der Waals surface area contributed by atoms with Crippen LogP contribution in [0.3, 0.4) is 0 Å². The minimum atomic E-state index is -4.47. The highest BCUT2D eigenvalue weighted by atomic mass is 35.5. The first-order chi connectivity index (χ1) is 9.88. The molecule has 3 aromatic rings. The maximum atomic E-state index is 12.8. The van der Waals surface area contributed by atoms with Crippen LogP contribution in [-0.4, -0.2) is 14.5 Å². The highest BCUT2D eigenvalue weighted by Gasteiger charge is 2.31. The average Bonchev–Trinajstić information content (AvgIpc) is 2.74. The number of rotatable bonds is 1. The monoisotopic (exact) mass is 312 g/mol. The molecule has 0 radical (unpaired) electrons. The SMILES string of the molecule is Nc1nc2cnccc2n1-c1cc(C(F)(F)F)ccc1Cl. The summed E-state index contributed by atoms with van der Waals surface area (Å²) in [6, 6.07) is 4.66. The summed E-state index contributed by atoms with van der Waals surface area (Å²) in [5.41, 5.74) is 6.12. The summed E-state index contributed by atoms with van der Waals surface area (Å²) >= 11 is 6.02. The molecule has 0 amide bonds. The molecule has 0 aliphatic carbocycles. The van der Waals surface area contributed by atoms with E-state index in [1.165, 1.54) is 23.0 Å². The summed E-state index contributed by atoms with van der Waals surface area (Å²) in [7, 11) is 0. The van der Waals surface area contributed by atoms with Crippen molar-refractivity contribution in [2.45, 2.75) is 6.18 Å². The van der Waals surface area contributed by atoms with E-state index in [0.29, 0.717) is 11.0 Å². The molecule has 0 spiro atoms. The van der Waals surface area contributed by atoms with Crippen LogP contribution in [0.1, 0.15) is 5.56 Å². The number of pyridine rings is 1. The number of anilines is 1. The second-order valence-corrected chi connectivity index (χ2v) is 4.74. The van der Waals surface area contributed by atoms with Gasteiger partial charge in [0.05, 0.1) is 28.0 Å². The number of hydrogen-bond donors (Lipinski definition) is 1. The Hall–Kier alpha value is -2.28. The van der Waals surface area contributed by atoms with Crippen molar-refractivity contribution < 1.29 is 13.2 Å². The van der Waals surface area contributed by atoms with Gasteiger partial charge in [-0.1, -0.05) is 11.6 Å². The van der Waals surface area contributed by atoms with E-state index in [1.54, 1.807) is 6.07 Å². The largest absolute Gasteiger partial charge is 0.416 e. The van der Waals surface area contributed by atoms with Gasteiger partial charge < -0.3 is 5.73 Å². The van der Waals surface area contributed by atoms with Crippen LogP contribution in [0.25, 0.3) is 16.7 Å². The van der Waals surface area contributed by atoms with E-state index in [0.717, 1.165) is 12.1 Å². The lowest BCUT2D eigenvalue weighted by Gasteiger charge is -2.12. The topological polar surface area (TPSA) is 56.7 Å². The van der Waals surface area contributed by atoms with Crippen LogP contribution in [0.4, 0.5) is 19.1 Å². The van der Waals surface area contributed by atoms with Crippen molar-refractivity contribution in [3.05, 3.63) is 47.2 Å². The van der Waals surface area contributed by atoms with Gasteiger partial charge in [0.1, 0.15) is 5.52 Å². The van der Waals surface area contributed by atoms with Crippen LogP contribution in [0.2, 0.25) is 5.02 Å². The van der Waals surface area contributed by atoms with Crippen LogP contribution in [0, 0.1) is 0 Å². The van der Waals surface area contributed by atoms with E-state index >= 15 is 0 Å². The fourth-order valence-electron chi connectivity index (χ4n) is 2.06. The minimum absolute atomic E-state index is 0.0409. The number of benzene rings is 1. The zero-order valence-corrected chi connectivity index (χ0v) is 11.2. The molecule has 2 aromatic heterocycles. The van der Waals surface area contributed by atoms with Crippen molar-refractivity contribution >= 4 is 28.6 Å². The standard InChI is InChI=1S/C13H8ClF3N4/c14-8-2-1-7(13(15,16)17)5-11(8)21-10-3-4-19-6-9(10)20-12(21)18/h1-6H,(H2,18,20). The highest BCUT2D eigenvalue weighted by Crippen LogP contribution is 2.35. The van der Waals surface area contributed by atoms with Crippen LogP contribution in [-0.2, 0) is 6.18 Å². The predicted octanol–water partition coefficient (Wildman–Crippen LogP) is 3.67. The lowest BCUT2D eigenvalue weighted by molar-refractivity contribution is -0.137. The second kappa shape index (κ2) is 4.63. The van der Waals surface area contributed by atoms with Crippen molar-refractivity contribution in [2.24, 2.45) is 0 Å². The first-order valence-corrected chi connectivity index (χ1v) is 6.21. The van der Waals surface area contributed by atoms with Crippen LogP contribution < -0.4 is 5.73 Å². The Kier molecular flexibility index (Phi) is 3.02. The van der Waals surface area contributed by atoms with E-state index in [-0.39, 0.29) is 16.7 Å². The number of nitrogens with two attached hydrogens (primary N) is 1. The second-order valence-electron chi connectivity index (χ2n) is 4.33. The summed E-state index contributed by atoms with van der Waals surface area (Å²) in [6.07, 6.45) is -1.49. The molecule has 0 bridgehead atoms. The van der Waals surface area contributed by atoms with Crippen LogP contribution >= 0.6 is 11.6 Å². The predicted molar refractivity (Wildman–Crippen MR) is 73.3 cm³/mol.